The van der Waals surface area contributed by atoms with Crippen molar-refractivity contribution < 1.29 is 4.79 Å². The number of nitrogens with zero attached hydrogens (tertiary/aromatic N) is 3. The average molecular weight is 288 g/mol. The number of H-pyrrole nitrogens is 1. The summed E-state index contributed by atoms with van der Waals surface area (Å²) in [6, 6.07) is 3.56. The topological polar surface area (TPSA) is 99.9 Å². The number of aromatic amines is 1. The Kier molecular flexibility index (Phi) is 4.76. The molecule has 0 radical (unpaired) electrons. The number of carbonyl (C=O) groups excluding carboxylic acids is 1. The molecule has 4 N–H and O–H groups in total. The second-order valence-electron chi connectivity index (χ2n) is 4.57. The Labute approximate surface area is 123 Å². The van der Waals surface area contributed by atoms with Crippen molar-refractivity contribution in [2.45, 2.75) is 20.4 Å². The van der Waals surface area contributed by atoms with Crippen LogP contribution in [-0.4, -0.2) is 39.1 Å². The van der Waals surface area contributed by atoms with Crippen LogP contribution in [0.5, 0.6) is 0 Å². The molecule has 2 aromatic rings. The van der Waals surface area contributed by atoms with Crippen LogP contribution in [0.25, 0.3) is 0 Å². The van der Waals surface area contributed by atoms with E-state index in [0.29, 0.717) is 31.1 Å². The number of amides is 1. The molecule has 7 heteroatoms. The summed E-state index contributed by atoms with van der Waals surface area (Å²) in [4.78, 5) is 18.1. The fraction of sp³-hybridized carbons (Fsp3) is 0.357. The molecule has 7 nitrogen and oxygen atoms in total. The second kappa shape index (κ2) is 6.74. The molecule has 2 rings (SSSR count). The molecule has 0 unspecified atom stereocenters. The van der Waals surface area contributed by atoms with Crippen molar-refractivity contribution in [3.63, 3.8) is 0 Å². The van der Waals surface area contributed by atoms with Crippen LogP contribution in [0.15, 0.2) is 24.5 Å². The molecular formula is C14H20N6O. The van der Waals surface area contributed by atoms with Gasteiger partial charge in [0.1, 0.15) is 11.5 Å². The molecule has 0 atom stereocenters. The molecule has 112 valence electrons. The third-order valence-corrected chi connectivity index (χ3v) is 3.26. The normalized spacial score (nSPS) is 10.4. The van der Waals surface area contributed by atoms with Crippen molar-refractivity contribution in [2.24, 2.45) is 0 Å². The maximum absolute atomic E-state index is 12.2. The molecule has 0 spiro atoms. The first-order valence-electron chi connectivity index (χ1n) is 6.92. The SMILES string of the molecule is CCN(CC)C(=O)c1cc(NCc2cn[nH]c2N)ccn1. The molecule has 0 bridgehead atoms. The Morgan fingerprint density at radius 2 is 2.19 bits per heavy atom. The predicted octanol–water partition coefficient (Wildman–Crippen LogP) is 1.48. The zero-order valence-electron chi connectivity index (χ0n) is 12.3. The molecule has 0 aromatic carbocycles. The first kappa shape index (κ1) is 14.8. The Bertz CT molecular complexity index is 605. The van der Waals surface area contributed by atoms with Crippen molar-refractivity contribution in [3.05, 3.63) is 35.8 Å². The minimum Gasteiger partial charge on any atom is -0.384 e. The third-order valence-electron chi connectivity index (χ3n) is 3.26. The van der Waals surface area contributed by atoms with Crippen LogP contribution in [0.2, 0.25) is 0 Å². The monoisotopic (exact) mass is 288 g/mol. The van der Waals surface area contributed by atoms with E-state index in [4.69, 9.17) is 5.73 Å². The van der Waals surface area contributed by atoms with Gasteiger partial charge < -0.3 is 16.0 Å². The first-order chi connectivity index (χ1) is 10.2. The van der Waals surface area contributed by atoms with Crippen LogP contribution in [0.4, 0.5) is 11.5 Å². The highest BCUT2D eigenvalue weighted by atomic mass is 16.2. The largest absolute Gasteiger partial charge is 0.384 e. The Hall–Kier alpha value is -2.57. The summed E-state index contributed by atoms with van der Waals surface area (Å²) in [6.07, 6.45) is 3.29. The lowest BCUT2D eigenvalue weighted by molar-refractivity contribution is 0.0767. The molecule has 0 fully saturated rings. The zero-order valence-corrected chi connectivity index (χ0v) is 12.3. The van der Waals surface area contributed by atoms with Gasteiger partial charge in [-0.15, -0.1) is 0 Å². The maximum Gasteiger partial charge on any atom is 0.272 e. The molecule has 0 aliphatic rings. The lowest BCUT2D eigenvalue weighted by Gasteiger charge is -2.18. The summed E-state index contributed by atoms with van der Waals surface area (Å²) in [6.45, 7) is 5.77. The van der Waals surface area contributed by atoms with Crippen LogP contribution in [0.3, 0.4) is 0 Å². The van der Waals surface area contributed by atoms with Crippen LogP contribution >= 0.6 is 0 Å². The van der Waals surface area contributed by atoms with E-state index in [1.54, 1.807) is 23.4 Å². The van der Waals surface area contributed by atoms with Crippen molar-refractivity contribution in [1.82, 2.24) is 20.1 Å². The second-order valence-corrected chi connectivity index (χ2v) is 4.57. The fourth-order valence-electron chi connectivity index (χ4n) is 1.99. The number of rotatable bonds is 6. The first-order valence-corrected chi connectivity index (χ1v) is 6.92. The highest BCUT2D eigenvalue weighted by molar-refractivity contribution is 5.93. The summed E-state index contributed by atoms with van der Waals surface area (Å²) in [5, 5.41) is 9.75. The third kappa shape index (κ3) is 3.50. The van der Waals surface area contributed by atoms with Crippen LogP contribution < -0.4 is 11.1 Å². The smallest absolute Gasteiger partial charge is 0.272 e. The summed E-state index contributed by atoms with van der Waals surface area (Å²) in [7, 11) is 0. The van der Waals surface area contributed by atoms with Gasteiger partial charge in [-0.05, 0) is 26.0 Å². The van der Waals surface area contributed by atoms with E-state index in [1.165, 1.54) is 0 Å². The van der Waals surface area contributed by atoms with E-state index >= 15 is 0 Å². The zero-order chi connectivity index (χ0) is 15.2. The maximum atomic E-state index is 12.2. The highest BCUT2D eigenvalue weighted by Crippen LogP contribution is 2.13. The van der Waals surface area contributed by atoms with E-state index < -0.39 is 0 Å². The van der Waals surface area contributed by atoms with E-state index in [9.17, 15) is 4.79 Å². The van der Waals surface area contributed by atoms with E-state index in [1.807, 2.05) is 19.9 Å². The van der Waals surface area contributed by atoms with Crippen molar-refractivity contribution >= 4 is 17.4 Å². The van der Waals surface area contributed by atoms with Crippen molar-refractivity contribution in [3.8, 4) is 0 Å². The van der Waals surface area contributed by atoms with Gasteiger partial charge in [-0.25, -0.2) is 0 Å². The lowest BCUT2D eigenvalue weighted by atomic mass is 10.2. The van der Waals surface area contributed by atoms with Gasteiger partial charge in [-0.2, -0.15) is 5.10 Å². The Morgan fingerprint density at radius 3 is 2.81 bits per heavy atom. The van der Waals surface area contributed by atoms with Gasteiger partial charge in [0.15, 0.2) is 0 Å². The van der Waals surface area contributed by atoms with Crippen molar-refractivity contribution in [1.29, 1.82) is 0 Å². The fourth-order valence-corrected chi connectivity index (χ4v) is 1.99. The van der Waals surface area contributed by atoms with Gasteiger partial charge >= 0.3 is 0 Å². The standard InChI is InChI=1S/C14H20N6O/c1-3-20(4-2)14(21)12-7-11(5-6-16-12)17-8-10-9-18-19-13(10)15/h5-7,9H,3-4,8H2,1-2H3,(H,16,17)(H3,15,18,19). The molecule has 0 saturated heterocycles. The van der Waals surface area contributed by atoms with Crippen LogP contribution in [-0.2, 0) is 6.54 Å². The van der Waals surface area contributed by atoms with Crippen LogP contribution in [0.1, 0.15) is 29.9 Å². The van der Waals surface area contributed by atoms with Crippen molar-refractivity contribution in [2.75, 3.05) is 24.1 Å². The van der Waals surface area contributed by atoms with Gasteiger partial charge in [0.25, 0.3) is 5.91 Å². The number of nitrogens with two attached hydrogens (primary N) is 1. The highest BCUT2D eigenvalue weighted by Gasteiger charge is 2.14. The number of hydrogen-bond acceptors (Lipinski definition) is 5. The molecule has 2 heterocycles. The molecular weight excluding hydrogens is 268 g/mol. The molecule has 0 saturated carbocycles. The summed E-state index contributed by atoms with van der Waals surface area (Å²) < 4.78 is 0. The van der Waals surface area contributed by atoms with Gasteiger partial charge in [0.2, 0.25) is 0 Å². The van der Waals surface area contributed by atoms with Gasteiger partial charge in [0, 0.05) is 37.1 Å². The number of nitrogens with one attached hydrogen (secondary N) is 2. The average Bonchev–Trinajstić information content (AvgIpc) is 2.92. The molecule has 21 heavy (non-hydrogen) atoms. The van der Waals surface area contributed by atoms with E-state index in [-0.39, 0.29) is 5.91 Å². The van der Waals surface area contributed by atoms with Crippen LogP contribution in [0, 0.1) is 0 Å². The molecule has 1 amide bonds. The van der Waals surface area contributed by atoms with E-state index in [2.05, 4.69) is 20.5 Å². The Balaban J connectivity index is 2.07. The van der Waals surface area contributed by atoms with Gasteiger partial charge in [-0.3, -0.25) is 14.9 Å². The number of nitrogen functional groups attached to an aromatic ring is 1. The molecule has 0 aliphatic heterocycles. The number of pyridine rings is 1. The number of carbonyl (C=O) groups is 1. The molecule has 0 aliphatic carbocycles. The predicted molar refractivity (Wildman–Crippen MR) is 81.8 cm³/mol. The summed E-state index contributed by atoms with van der Waals surface area (Å²) in [5.74, 6) is 0.475. The minimum atomic E-state index is -0.0634. The summed E-state index contributed by atoms with van der Waals surface area (Å²) >= 11 is 0. The van der Waals surface area contributed by atoms with Gasteiger partial charge in [0.05, 0.1) is 6.20 Å². The number of hydrogen-bond donors (Lipinski definition) is 3. The minimum absolute atomic E-state index is 0.0634. The summed E-state index contributed by atoms with van der Waals surface area (Å²) in [5.41, 5.74) is 7.86. The van der Waals surface area contributed by atoms with E-state index in [0.717, 1.165) is 11.3 Å². The lowest BCUT2D eigenvalue weighted by Crippen LogP contribution is -2.31. The molecule has 2 aromatic heterocycles. The number of aromatic nitrogens is 3. The quantitative estimate of drug-likeness (QED) is 0.747. The number of anilines is 2. The Morgan fingerprint density at radius 1 is 1.43 bits per heavy atom. The van der Waals surface area contributed by atoms with Gasteiger partial charge in [-0.1, -0.05) is 0 Å².